The van der Waals surface area contributed by atoms with Crippen molar-refractivity contribution in [3.8, 4) is 22.5 Å². The van der Waals surface area contributed by atoms with Gasteiger partial charge in [0.15, 0.2) is 0 Å². The first-order chi connectivity index (χ1) is 29.9. The summed E-state index contributed by atoms with van der Waals surface area (Å²) in [4.78, 5) is 15.4. The largest absolute Gasteiger partial charge is 0.478 e. The van der Waals surface area contributed by atoms with Gasteiger partial charge in [0.2, 0.25) is 0 Å². The Morgan fingerprint density at radius 3 is 1.46 bits per heavy atom. The van der Waals surface area contributed by atoms with Crippen LogP contribution in [0.1, 0.15) is 23.2 Å². The van der Waals surface area contributed by atoms with E-state index in [9.17, 15) is 124 Å². The Labute approximate surface area is 365 Å². The summed E-state index contributed by atoms with van der Waals surface area (Å²) in [7, 11) is 0. The Balaban J connectivity index is 0.0000122. The molecule has 1 aliphatic carbocycles. The highest BCUT2D eigenvalue weighted by atomic mass is 35.5. The molecule has 0 unspecified atom stereocenters. The monoisotopic (exact) mass is 1060 g/mol. The number of hydrogen-bond donors (Lipinski definition) is 2. The Bertz CT molecular complexity index is 2510. The van der Waals surface area contributed by atoms with Crippen molar-refractivity contribution in [2.75, 3.05) is 18.4 Å². The van der Waals surface area contributed by atoms with E-state index in [2.05, 4.69) is 4.99 Å². The molecule has 2 aromatic carbocycles. The van der Waals surface area contributed by atoms with Gasteiger partial charge in [0.1, 0.15) is 11.3 Å². The predicted molar refractivity (Wildman–Crippen MR) is 182 cm³/mol. The first-order valence-corrected chi connectivity index (χ1v) is 17.4. The van der Waals surface area contributed by atoms with Crippen LogP contribution in [0.15, 0.2) is 70.1 Å². The number of aromatic carboxylic acids is 1. The van der Waals surface area contributed by atoms with E-state index in [1.807, 2.05) is 5.32 Å². The van der Waals surface area contributed by atoms with Crippen molar-refractivity contribution in [3.63, 3.8) is 0 Å². The van der Waals surface area contributed by atoms with Crippen molar-refractivity contribution in [2.45, 2.75) is 84.4 Å². The van der Waals surface area contributed by atoms with E-state index in [1.165, 1.54) is 12.1 Å². The summed E-state index contributed by atoms with van der Waals surface area (Å²) in [5.74, 6) is -78.9. The molecule has 382 valence electrons. The number of benzene rings is 3. The van der Waals surface area contributed by atoms with E-state index in [0.29, 0.717) is 6.07 Å². The molecule has 0 fully saturated rings. The van der Waals surface area contributed by atoms with Gasteiger partial charge in [-0.25, -0.2) is 4.79 Å². The molecule has 0 spiro atoms. The smallest absolute Gasteiger partial charge is 0.460 e. The number of anilines is 1. The Morgan fingerprint density at radius 1 is 0.529 bits per heavy atom. The van der Waals surface area contributed by atoms with E-state index >= 15 is 0 Å². The number of nitrogens with one attached hydrogen (secondary N) is 1. The molecule has 32 heteroatoms. The van der Waals surface area contributed by atoms with Crippen LogP contribution in [-0.4, -0.2) is 95.7 Å². The second-order valence-electron chi connectivity index (χ2n) is 14.0. The third kappa shape index (κ3) is 8.98. The van der Waals surface area contributed by atoms with Crippen LogP contribution in [0.2, 0.25) is 0 Å². The highest BCUT2D eigenvalue weighted by Crippen LogP contribution is 2.62. The van der Waals surface area contributed by atoms with Gasteiger partial charge in [0, 0.05) is 60.3 Å². The molecule has 0 radical (unpaired) electrons. The number of nitrogens with zero attached hydrogens (tertiary/aromatic N) is 1. The second-order valence-corrected chi connectivity index (χ2v) is 14.0. The van der Waals surface area contributed by atoms with Crippen LogP contribution in [0.3, 0.4) is 0 Å². The van der Waals surface area contributed by atoms with Gasteiger partial charge >= 0.3 is 77.5 Å². The van der Waals surface area contributed by atoms with Gasteiger partial charge in [-0.1, -0.05) is 18.2 Å². The van der Waals surface area contributed by atoms with Gasteiger partial charge in [-0.3, -0.25) is 4.99 Å². The van der Waals surface area contributed by atoms with Gasteiger partial charge in [-0.2, -0.15) is 114 Å². The molecule has 0 atom stereocenters. The zero-order chi connectivity index (χ0) is 51.8. The molecule has 1 aliphatic heterocycles. The standard InChI is InChI=1S/C36H20F26N2O3.ClH/c37-25(38,27(41,42)29(45,46)31(49,50)33(53,54)35(57,58)59)9-11-63-15-5-7-19-21(13-15)67-22-14-16(6-8-20(22)23(19)17-3-1-2-4-18(17)24(65)66)64-12-10-26(39,40)28(43,44)30(47,48)32(51,52)34(55,56)36(60,61)62;/h1-8,13-14,63H,9-12H2,(H,65,66);1H. The lowest BCUT2D eigenvalue weighted by atomic mass is 9.90. The van der Waals surface area contributed by atoms with Crippen LogP contribution in [0.25, 0.3) is 33.4 Å². The Kier molecular flexibility index (Phi) is 14.9. The molecule has 68 heavy (non-hydrogen) atoms. The molecule has 2 aliphatic rings. The molecule has 0 saturated carbocycles. The first-order valence-electron chi connectivity index (χ1n) is 17.4. The lowest BCUT2D eigenvalue weighted by molar-refractivity contribution is -0.440. The minimum Gasteiger partial charge on any atom is -0.478 e. The van der Waals surface area contributed by atoms with Crippen LogP contribution in [0.4, 0.5) is 120 Å². The van der Waals surface area contributed by atoms with Crippen molar-refractivity contribution in [1.82, 2.24) is 0 Å². The summed E-state index contributed by atoms with van der Waals surface area (Å²) < 4.78 is 357. The maximum Gasteiger partial charge on any atom is 0.460 e. The Hall–Kier alpha value is -5.13. The molecular formula is C36H21ClF26N2O3. The Morgan fingerprint density at radius 2 is 0.985 bits per heavy atom. The number of rotatable bonds is 17. The van der Waals surface area contributed by atoms with Crippen LogP contribution >= 0.6 is 12.4 Å². The van der Waals surface area contributed by atoms with Crippen molar-refractivity contribution >= 4 is 35.0 Å². The van der Waals surface area contributed by atoms with Gasteiger partial charge in [-0.05, 0) is 35.9 Å². The zero-order valence-electron chi connectivity index (χ0n) is 32.0. The molecule has 0 aromatic heterocycles. The van der Waals surface area contributed by atoms with E-state index in [4.69, 9.17) is 4.42 Å². The predicted octanol–water partition coefficient (Wildman–Crippen LogP) is 13.9. The number of carbonyl (C=O) groups is 1. The van der Waals surface area contributed by atoms with Gasteiger partial charge < -0.3 is 14.8 Å². The normalized spacial score (nSPS) is 14.9. The number of carboxylic acids is 1. The van der Waals surface area contributed by atoms with Crippen LogP contribution in [-0.2, 0) is 0 Å². The summed E-state index contributed by atoms with van der Waals surface area (Å²) in [6.07, 6.45) is -20.8. The van der Waals surface area contributed by atoms with Crippen molar-refractivity contribution in [3.05, 3.63) is 71.6 Å². The molecule has 1 heterocycles. The molecule has 0 saturated heterocycles. The topological polar surface area (TPSA) is 74.8 Å². The fraction of sp³-hybridized carbons (Fsp3) is 0.444. The summed E-state index contributed by atoms with van der Waals surface area (Å²) in [5, 5.41) is 10.8. The SMILES string of the molecule is Cl.O=C(O)c1ccccc1-c1c2ccc(=NCCC(F)(F)C(F)(F)C(F)(F)C(F)(F)C(F)(F)C(F)(F)F)cc-2oc2cc(NCCC(F)(F)C(F)(F)C(F)(F)C(F)(F)C(F)(F)C(F)(F)F)ccc12. The number of carboxylic acid groups (broad SMARTS) is 1. The maximum atomic E-state index is 14.4. The molecule has 0 bridgehead atoms. The molecule has 4 rings (SSSR count). The van der Waals surface area contributed by atoms with Crippen molar-refractivity contribution in [1.29, 1.82) is 0 Å². The van der Waals surface area contributed by atoms with E-state index in [-0.39, 0.29) is 34.5 Å². The maximum absolute atomic E-state index is 14.4. The molecule has 5 nitrogen and oxygen atoms in total. The summed E-state index contributed by atoms with van der Waals surface area (Å²) in [5.41, 5.74) is -2.23. The summed E-state index contributed by atoms with van der Waals surface area (Å²) in [6.45, 7) is -3.55. The lowest BCUT2D eigenvalue weighted by Crippen LogP contribution is -2.70. The van der Waals surface area contributed by atoms with Crippen molar-refractivity contribution in [2.24, 2.45) is 4.99 Å². The van der Waals surface area contributed by atoms with Gasteiger partial charge in [0.25, 0.3) is 0 Å². The average Bonchev–Trinajstić information content (AvgIpc) is 3.18. The van der Waals surface area contributed by atoms with E-state index in [1.54, 1.807) is 0 Å². The fourth-order valence-corrected chi connectivity index (χ4v) is 5.87. The lowest BCUT2D eigenvalue weighted by Gasteiger charge is -2.39. The first kappa shape index (κ1) is 57.2. The third-order valence-corrected chi connectivity index (χ3v) is 9.62. The zero-order valence-corrected chi connectivity index (χ0v) is 32.9. The van der Waals surface area contributed by atoms with Crippen LogP contribution in [0, 0.1) is 0 Å². The number of alkyl halides is 26. The van der Waals surface area contributed by atoms with Crippen molar-refractivity contribution < 1.29 is 128 Å². The highest BCUT2D eigenvalue weighted by molar-refractivity contribution is 6.07. The number of halogens is 27. The molecule has 0 amide bonds. The van der Waals surface area contributed by atoms with Gasteiger partial charge in [-0.15, -0.1) is 12.4 Å². The summed E-state index contributed by atoms with van der Waals surface area (Å²) in [6, 6.07) is 9.57. The third-order valence-electron chi connectivity index (χ3n) is 9.62. The fourth-order valence-electron chi connectivity index (χ4n) is 5.87. The molecule has 2 aromatic rings. The van der Waals surface area contributed by atoms with Crippen LogP contribution in [0.5, 0.6) is 0 Å². The van der Waals surface area contributed by atoms with Crippen LogP contribution < -0.4 is 10.7 Å². The minimum atomic E-state index is -8.17. The quantitative estimate of drug-likeness (QED) is 0.0816. The van der Waals surface area contributed by atoms with E-state index < -0.39 is 131 Å². The second kappa shape index (κ2) is 17.7. The van der Waals surface area contributed by atoms with E-state index in [0.717, 1.165) is 42.5 Å². The number of hydrogen-bond acceptors (Lipinski definition) is 4. The summed E-state index contributed by atoms with van der Waals surface area (Å²) >= 11 is 0. The molecule has 2 N–H and O–H groups in total. The highest BCUT2D eigenvalue weighted by Gasteiger charge is 2.92. The minimum absolute atomic E-state index is 0. The van der Waals surface area contributed by atoms with Gasteiger partial charge in [0.05, 0.1) is 10.9 Å². The number of fused-ring (bicyclic) bond motifs is 2. The average molecular weight is 1060 g/mol. The molecular weight excluding hydrogens is 1040 g/mol.